The fourth-order valence-corrected chi connectivity index (χ4v) is 1.70. The summed E-state index contributed by atoms with van der Waals surface area (Å²) in [6, 6.07) is 2.05. The fraction of sp³-hybridized carbons (Fsp3) is 0.643. The van der Waals surface area contributed by atoms with E-state index in [2.05, 4.69) is 31.8 Å². The number of anilines is 1. The smallest absolute Gasteiger partial charge is 0.131 e. The van der Waals surface area contributed by atoms with Gasteiger partial charge in [-0.2, -0.15) is 0 Å². The number of rotatable bonds is 3. The van der Waals surface area contributed by atoms with Gasteiger partial charge in [-0.1, -0.05) is 20.8 Å². The van der Waals surface area contributed by atoms with Crippen molar-refractivity contribution in [2.45, 2.75) is 45.1 Å². The molecule has 0 saturated heterocycles. The predicted molar refractivity (Wildman–Crippen MR) is 70.9 cm³/mol. The summed E-state index contributed by atoms with van der Waals surface area (Å²) in [4.78, 5) is 6.49. The molecule has 1 aromatic rings. The Morgan fingerprint density at radius 1 is 1.29 bits per heavy atom. The normalized spacial score (nSPS) is 15.8. The van der Waals surface area contributed by atoms with Gasteiger partial charge in [0, 0.05) is 31.9 Å². The van der Waals surface area contributed by atoms with Crippen LogP contribution in [0.4, 0.5) is 5.82 Å². The molecule has 3 heteroatoms. The molecule has 0 aromatic carbocycles. The number of aromatic nitrogens is 1. The van der Waals surface area contributed by atoms with E-state index in [0.29, 0.717) is 6.10 Å². The van der Waals surface area contributed by atoms with E-state index in [0.717, 1.165) is 11.6 Å². The number of hydrogen-bond acceptors (Lipinski definition) is 3. The average molecular weight is 234 g/mol. The first-order valence-corrected chi connectivity index (χ1v) is 6.22. The zero-order valence-electron chi connectivity index (χ0n) is 11.4. The molecule has 17 heavy (non-hydrogen) atoms. The SMILES string of the molecule is CN(C)c1cc(OC2CC2)c(C(C)(C)C)cn1. The van der Waals surface area contributed by atoms with Crippen molar-refractivity contribution in [3.8, 4) is 5.75 Å². The van der Waals surface area contributed by atoms with E-state index in [-0.39, 0.29) is 5.41 Å². The second kappa shape index (κ2) is 4.21. The van der Waals surface area contributed by atoms with E-state index in [1.807, 2.05) is 25.2 Å². The van der Waals surface area contributed by atoms with Crippen molar-refractivity contribution >= 4 is 5.82 Å². The third-order valence-corrected chi connectivity index (χ3v) is 2.94. The van der Waals surface area contributed by atoms with Crippen LogP contribution >= 0.6 is 0 Å². The van der Waals surface area contributed by atoms with Crippen LogP contribution < -0.4 is 9.64 Å². The Bertz CT molecular complexity index is 403. The largest absolute Gasteiger partial charge is 0.490 e. The maximum atomic E-state index is 6.01. The van der Waals surface area contributed by atoms with Crippen molar-refractivity contribution in [2.75, 3.05) is 19.0 Å². The first-order chi connectivity index (χ1) is 7.88. The number of nitrogens with zero attached hydrogens (tertiary/aromatic N) is 2. The molecule has 0 N–H and O–H groups in total. The molecule has 94 valence electrons. The van der Waals surface area contributed by atoms with Crippen molar-refractivity contribution in [2.24, 2.45) is 0 Å². The Hall–Kier alpha value is -1.25. The van der Waals surface area contributed by atoms with Crippen LogP contribution in [0.25, 0.3) is 0 Å². The predicted octanol–water partition coefficient (Wildman–Crippen LogP) is 2.99. The molecule has 0 bridgehead atoms. The van der Waals surface area contributed by atoms with E-state index in [1.54, 1.807) is 0 Å². The highest BCUT2D eigenvalue weighted by Crippen LogP contribution is 2.36. The molecule has 0 aliphatic heterocycles. The highest BCUT2D eigenvalue weighted by atomic mass is 16.5. The Balaban J connectivity index is 2.36. The van der Waals surface area contributed by atoms with Gasteiger partial charge < -0.3 is 9.64 Å². The lowest BCUT2D eigenvalue weighted by Crippen LogP contribution is -2.17. The Morgan fingerprint density at radius 3 is 2.41 bits per heavy atom. The van der Waals surface area contributed by atoms with Gasteiger partial charge in [0.1, 0.15) is 11.6 Å². The van der Waals surface area contributed by atoms with Crippen molar-refractivity contribution in [1.29, 1.82) is 0 Å². The number of hydrogen-bond donors (Lipinski definition) is 0. The summed E-state index contributed by atoms with van der Waals surface area (Å²) in [7, 11) is 4.00. The maximum absolute atomic E-state index is 6.01. The average Bonchev–Trinajstić information content (AvgIpc) is 2.99. The van der Waals surface area contributed by atoms with Crippen LogP contribution in [0.1, 0.15) is 39.2 Å². The van der Waals surface area contributed by atoms with E-state index >= 15 is 0 Å². The van der Waals surface area contributed by atoms with Crippen molar-refractivity contribution < 1.29 is 4.74 Å². The minimum absolute atomic E-state index is 0.0715. The fourth-order valence-electron chi connectivity index (χ4n) is 1.70. The van der Waals surface area contributed by atoms with Gasteiger partial charge in [0.15, 0.2) is 0 Å². The molecule has 1 aromatic heterocycles. The number of ether oxygens (including phenoxy) is 1. The molecule has 0 amide bonds. The van der Waals surface area contributed by atoms with Gasteiger partial charge in [-0.05, 0) is 18.3 Å². The zero-order chi connectivity index (χ0) is 12.6. The molecule has 0 unspecified atom stereocenters. The monoisotopic (exact) mass is 234 g/mol. The highest BCUT2D eigenvalue weighted by molar-refractivity contribution is 5.48. The number of pyridine rings is 1. The van der Waals surface area contributed by atoms with Crippen LogP contribution in [0.3, 0.4) is 0 Å². The first-order valence-electron chi connectivity index (χ1n) is 6.22. The summed E-state index contributed by atoms with van der Waals surface area (Å²) in [6.45, 7) is 6.58. The van der Waals surface area contributed by atoms with Crippen LogP contribution in [-0.2, 0) is 5.41 Å². The van der Waals surface area contributed by atoms with E-state index < -0.39 is 0 Å². The third kappa shape index (κ3) is 2.90. The van der Waals surface area contributed by atoms with Gasteiger partial charge in [0.2, 0.25) is 0 Å². The van der Waals surface area contributed by atoms with Crippen LogP contribution in [0.5, 0.6) is 5.75 Å². The maximum Gasteiger partial charge on any atom is 0.131 e. The van der Waals surface area contributed by atoms with E-state index in [4.69, 9.17) is 4.74 Å². The Labute approximate surface area is 104 Å². The Kier molecular flexibility index (Phi) is 3.02. The highest BCUT2D eigenvalue weighted by Gasteiger charge is 2.27. The molecule has 0 atom stereocenters. The van der Waals surface area contributed by atoms with Gasteiger partial charge in [-0.25, -0.2) is 4.98 Å². The summed E-state index contributed by atoms with van der Waals surface area (Å²) < 4.78 is 6.01. The summed E-state index contributed by atoms with van der Waals surface area (Å²) in [5.74, 6) is 1.95. The zero-order valence-corrected chi connectivity index (χ0v) is 11.4. The van der Waals surface area contributed by atoms with Crippen molar-refractivity contribution in [3.63, 3.8) is 0 Å². The molecule has 1 fully saturated rings. The minimum atomic E-state index is 0.0715. The topological polar surface area (TPSA) is 25.4 Å². The van der Waals surface area contributed by atoms with Gasteiger partial charge in [-0.15, -0.1) is 0 Å². The lowest BCUT2D eigenvalue weighted by molar-refractivity contribution is 0.294. The third-order valence-electron chi connectivity index (χ3n) is 2.94. The van der Waals surface area contributed by atoms with Crippen LogP contribution in [0.15, 0.2) is 12.3 Å². The molecule has 1 saturated carbocycles. The van der Waals surface area contributed by atoms with E-state index in [1.165, 1.54) is 18.4 Å². The molecule has 0 radical (unpaired) electrons. The van der Waals surface area contributed by atoms with Crippen LogP contribution in [0.2, 0.25) is 0 Å². The molecule has 3 nitrogen and oxygen atoms in total. The van der Waals surface area contributed by atoms with Crippen molar-refractivity contribution in [3.05, 3.63) is 17.8 Å². The first kappa shape index (κ1) is 12.2. The molecule has 1 aliphatic rings. The standard InChI is InChI=1S/C14H22N2O/c1-14(2,3)11-9-15-13(16(4)5)8-12(11)17-10-6-7-10/h8-10H,6-7H2,1-5H3. The molecular formula is C14H22N2O. The summed E-state index contributed by atoms with van der Waals surface area (Å²) in [5.41, 5.74) is 1.26. The second-order valence-corrected chi connectivity index (χ2v) is 6.00. The van der Waals surface area contributed by atoms with Gasteiger partial charge in [0.05, 0.1) is 6.10 Å². The summed E-state index contributed by atoms with van der Waals surface area (Å²) in [6.07, 6.45) is 4.74. The lowest BCUT2D eigenvalue weighted by Gasteiger charge is -2.24. The molecular weight excluding hydrogens is 212 g/mol. The van der Waals surface area contributed by atoms with Gasteiger partial charge in [-0.3, -0.25) is 0 Å². The van der Waals surface area contributed by atoms with Crippen LogP contribution in [0, 0.1) is 0 Å². The summed E-state index contributed by atoms with van der Waals surface area (Å²) >= 11 is 0. The quantitative estimate of drug-likeness (QED) is 0.804. The molecule has 1 heterocycles. The lowest BCUT2D eigenvalue weighted by atomic mass is 9.87. The minimum Gasteiger partial charge on any atom is -0.490 e. The van der Waals surface area contributed by atoms with Crippen LogP contribution in [-0.4, -0.2) is 25.2 Å². The summed E-state index contributed by atoms with van der Waals surface area (Å²) in [5, 5.41) is 0. The molecule has 0 spiro atoms. The molecule has 1 aliphatic carbocycles. The van der Waals surface area contributed by atoms with E-state index in [9.17, 15) is 0 Å². The van der Waals surface area contributed by atoms with Gasteiger partial charge in [0.25, 0.3) is 0 Å². The van der Waals surface area contributed by atoms with Gasteiger partial charge >= 0.3 is 0 Å². The molecule has 2 rings (SSSR count). The second-order valence-electron chi connectivity index (χ2n) is 6.00. The van der Waals surface area contributed by atoms with Crippen molar-refractivity contribution in [1.82, 2.24) is 4.98 Å². The Morgan fingerprint density at radius 2 is 1.94 bits per heavy atom.